The van der Waals surface area contributed by atoms with Crippen LogP contribution in [0.1, 0.15) is 47.2 Å². The predicted molar refractivity (Wildman–Crippen MR) is 102 cm³/mol. The van der Waals surface area contributed by atoms with Gasteiger partial charge in [-0.25, -0.2) is 13.1 Å². The number of sulfonamides is 1. The standard InChI is InChI=1S/C20H24N2O3S/c1-14-8-11-18(26(24,25)22-17-9-10-17)12-19(14)20(23)21-13-15(2)16-6-4-3-5-7-16/h3-8,11-12,15,17,22H,9-10,13H2,1-2H3,(H,21,23). The fraction of sp³-hybridized carbons (Fsp3) is 0.350. The third-order valence-corrected chi connectivity index (χ3v) is 6.12. The molecule has 2 aromatic rings. The zero-order valence-electron chi connectivity index (χ0n) is 15.0. The van der Waals surface area contributed by atoms with E-state index in [1.807, 2.05) is 37.3 Å². The van der Waals surface area contributed by atoms with Crippen molar-refractivity contribution in [1.82, 2.24) is 10.0 Å². The molecule has 1 saturated carbocycles. The number of benzene rings is 2. The van der Waals surface area contributed by atoms with Crippen molar-refractivity contribution in [3.05, 3.63) is 65.2 Å². The molecule has 3 rings (SSSR count). The van der Waals surface area contributed by atoms with Crippen LogP contribution in [-0.4, -0.2) is 26.9 Å². The Hall–Kier alpha value is -2.18. The van der Waals surface area contributed by atoms with Crippen LogP contribution in [0.15, 0.2) is 53.4 Å². The Balaban J connectivity index is 1.71. The lowest BCUT2D eigenvalue weighted by molar-refractivity contribution is 0.0951. The average molecular weight is 372 g/mol. The molecule has 1 atom stereocenters. The Kier molecular flexibility index (Phi) is 5.44. The van der Waals surface area contributed by atoms with Gasteiger partial charge in [0.25, 0.3) is 5.91 Å². The number of carbonyl (C=O) groups excluding carboxylic acids is 1. The van der Waals surface area contributed by atoms with Crippen molar-refractivity contribution in [2.45, 2.75) is 43.5 Å². The SMILES string of the molecule is Cc1ccc(S(=O)(=O)NC2CC2)cc1C(=O)NCC(C)c1ccccc1. The van der Waals surface area contributed by atoms with Crippen molar-refractivity contribution in [3.63, 3.8) is 0 Å². The maximum Gasteiger partial charge on any atom is 0.251 e. The smallest absolute Gasteiger partial charge is 0.251 e. The summed E-state index contributed by atoms with van der Waals surface area (Å²) in [5.41, 5.74) is 2.29. The number of rotatable bonds is 7. The Labute approximate surface area is 154 Å². The van der Waals surface area contributed by atoms with Crippen LogP contribution in [0.3, 0.4) is 0 Å². The van der Waals surface area contributed by atoms with Gasteiger partial charge in [0.05, 0.1) is 4.90 Å². The van der Waals surface area contributed by atoms with Crippen molar-refractivity contribution in [1.29, 1.82) is 0 Å². The number of amides is 1. The first-order chi connectivity index (χ1) is 12.4. The van der Waals surface area contributed by atoms with E-state index in [-0.39, 0.29) is 22.8 Å². The molecule has 6 heteroatoms. The highest BCUT2D eigenvalue weighted by Gasteiger charge is 2.28. The van der Waals surface area contributed by atoms with Crippen molar-refractivity contribution < 1.29 is 13.2 Å². The van der Waals surface area contributed by atoms with E-state index in [2.05, 4.69) is 10.0 Å². The largest absolute Gasteiger partial charge is 0.351 e. The summed E-state index contributed by atoms with van der Waals surface area (Å²) in [6.45, 7) is 4.34. The zero-order valence-corrected chi connectivity index (χ0v) is 15.8. The number of hydrogen-bond acceptors (Lipinski definition) is 3. The van der Waals surface area contributed by atoms with Gasteiger partial charge in [0.15, 0.2) is 0 Å². The quantitative estimate of drug-likeness (QED) is 0.785. The van der Waals surface area contributed by atoms with Crippen LogP contribution in [0.4, 0.5) is 0 Å². The highest BCUT2D eigenvalue weighted by Crippen LogP contribution is 2.23. The van der Waals surface area contributed by atoms with Gasteiger partial charge < -0.3 is 5.32 Å². The molecule has 0 heterocycles. The van der Waals surface area contributed by atoms with Gasteiger partial charge >= 0.3 is 0 Å². The van der Waals surface area contributed by atoms with Crippen LogP contribution in [0.2, 0.25) is 0 Å². The van der Waals surface area contributed by atoms with Gasteiger partial charge in [0, 0.05) is 18.2 Å². The molecule has 0 radical (unpaired) electrons. The van der Waals surface area contributed by atoms with Crippen molar-refractivity contribution in [2.75, 3.05) is 6.54 Å². The lowest BCUT2D eigenvalue weighted by atomic mass is 10.0. The minimum Gasteiger partial charge on any atom is -0.351 e. The Morgan fingerprint density at radius 3 is 2.50 bits per heavy atom. The van der Waals surface area contributed by atoms with Gasteiger partial charge in [-0.05, 0) is 48.9 Å². The van der Waals surface area contributed by atoms with Gasteiger partial charge in [-0.1, -0.05) is 43.3 Å². The van der Waals surface area contributed by atoms with E-state index in [0.717, 1.165) is 24.0 Å². The van der Waals surface area contributed by atoms with Gasteiger partial charge in [-0.15, -0.1) is 0 Å². The van der Waals surface area contributed by atoms with Crippen LogP contribution in [-0.2, 0) is 10.0 Å². The van der Waals surface area contributed by atoms with Crippen LogP contribution in [0, 0.1) is 6.92 Å². The third-order valence-electron chi connectivity index (χ3n) is 4.60. The molecule has 2 aromatic carbocycles. The lowest BCUT2D eigenvalue weighted by Crippen LogP contribution is -2.29. The molecule has 0 spiro atoms. The molecule has 26 heavy (non-hydrogen) atoms. The normalized spacial score (nSPS) is 15.5. The average Bonchev–Trinajstić information content (AvgIpc) is 3.43. The summed E-state index contributed by atoms with van der Waals surface area (Å²) in [5, 5.41) is 2.92. The summed E-state index contributed by atoms with van der Waals surface area (Å²) in [5.74, 6) is -0.0855. The zero-order chi connectivity index (χ0) is 18.7. The summed E-state index contributed by atoms with van der Waals surface area (Å²) in [6.07, 6.45) is 1.74. The van der Waals surface area contributed by atoms with Gasteiger partial charge in [0.2, 0.25) is 10.0 Å². The fourth-order valence-corrected chi connectivity index (χ4v) is 4.07. The number of aryl methyl sites for hydroxylation is 1. The minimum atomic E-state index is -3.57. The summed E-state index contributed by atoms with van der Waals surface area (Å²) in [7, 11) is -3.57. The second-order valence-corrected chi connectivity index (χ2v) is 8.61. The van der Waals surface area contributed by atoms with Crippen molar-refractivity contribution in [2.24, 2.45) is 0 Å². The van der Waals surface area contributed by atoms with Crippen LogP contribution in [0.25, 0.3) is 0 Å². The first kappa shape index (κ1) is 18.6. The highest BCUT2D eigenvalue weighted by molar-refractivity contribution is 7.89. The van der Waals surface area contributed by atoms with E-state index in [9.17, 15) is 13.2 Å². The predicted octanol–water partition coefficient (Wildman–Crippen LogP) is 2.97. The van der Waals surface area contributed by atoms with E-state index in [4.69, 9.17) is 0 Å². The molecule has 5 nitrogen and oxygen atoms in total. The molecule has 138 valence electrons. The molecule has 1 unspecified atom stereocenters. The molecule has 2 N–H and O–H groups in total. The molecule has 0 saturated heterocycles. The number of hydrogen-bond donors (Lipinski definition) is 2. The maximum absolute atomic E-state index is 12.6. The van der Waals surface area contributed by atoms with E-state index < -0.39 is 10.0 Å². The first-order valence-corrected chi connectivity index (χ1v) is 10.3. The second kappa shape index (κ2) is 7.60. The molecular weight excluding hydrogens is 348 g/mol. The summed E-state index contributed by atoms with van der Waals surface area (Å²) in [4.78, 5) is 12.7. The van der Waals surface area contributed by atoms with E-state index in [0.29, 0.717) is 12.1 Å². The Morgan fingerprint density at radius 2 is 1.85 bits per heavy atom. The number of carbonyl (C=O) groups is 1. The lowest BCUT2D eigenvalue weighted by Gasteiger charge is -2.15. The van der Waals surface area contributed by atoms with E-state index in [1.165, 1.54) is 6.07 Å². The van der Waals surface area contributed by atoms with E-state index in [1.54, 1.807) is 19.1 Å². The Morgan fingerprint density at radius 1 is 1.15 bits per heavy atom. The van der Waals surface area contributed by atoms with Crippen LogP contribution in [0.5, 0.6) is 0 Å². The second-order valence-electron chi connectivity index (χ2n) is 6.89. The molecule has 1 amide bonds. The summed E-state index contributed by atoms with van der Waals surface area (Å²) >= 11 is 0. The maximum atomic E-state index is 12.6. The van der Waals surface area contributed by atoms with Crippen molar-refractivity contribution >= 4 is 15.9 Å². The topological polar surface area (TPSA) is 75.3 Å². The summed E-state index contributed by atoms with van der Waals surface area (Å²) in [6, 6.07) is 14.7. The van der Waals surface area contributed by atoms with Crippen LogP contribution >= 0.6 is 0 Å². The first-order valence-electron chi connectivity index (χ1n) is 8.83. The fourth-order valence-electron chi connectivity index (χ4n) is 2.74. The van der Waals surface area contributed by atoms with Gasteiger partial charge in [0.1, 0.15) is 0 Å². The Bertz CT molecular complexity index is 891. The number of nitrogens with one attached hydrogen (secondary N) is 2. The molecule has 1 aliphatic rings. The summed E-state index contributed by atoms with van der Waals surface area (Å²) < 4.78 is 27.4. The molecule has 1 fully saturated rings. The van der Waals surface area contributed by atoms with Gasteiger partial charge in [-0.3, -0.25) is 4.79 Å². The molecular formula is C20H24N2O3S. The van der Waals surface area contributed by atoms with E-state index >= 15 is 0 Å². The minimum absolute atomic E-state index is 0.0327. The highest BCUT2D eigenvalue weighted by atomic mass is 32.2. The molecule has 0 aliphatic heterocycles. The molecule has 1 aliphatic carbocycles. The monoisotopic (exact) mass is 372 g/mol. The molecule has 0 aromatic heterocycles. The van der Waals surface area contributed by atoms with Gasteiger partial charge in [-0.2, -0.15) is 0 Å². The van der Waals surface area contributed by atoms with Crippen molar-refractivity contribution in [3.8, 4) is 0 Å². The molecule has 0 bridgehead atoms. The third kappa shape index (κ3) is 4.51. The van der Waals surface area contributed by atoms with Crippen LogP contribution < -0.4 is 10.0 Å².